The molecule has 0 radical (unpaired) electrons. The van der Waals surface area contributed by atoms with Crippen LogP contribution in [-0.4, -0.2) is 19.6 Å². The molecule has 0 heterocycles. The average Bonchev–Trinajstić information content (AvgIpc) is 2.25. The lowest BCUT2D eigenvalue weighted by molar-refractivity contribution is -0.116. The van der Waals surface area contributed by atoms with Crippen LogP contribution in [0, 0.1) is 0 Å². The standard InChI is InChI=1S/C11H14N2O2/c1-3-8-4-5-9(10(6-8)15-2)13-7-11(12)14/h3-6,13H,1,7H2,2H3,(H2,12,14). The van der Waals surface area contributed by atoms with Gasteiger partial charge < -0.3 is 15.8 Å². The smallest absolute Gasteiger partial charge is 0.236 e. The molecule has 4 nitrogen and oxygen atoms in total. The molecule has 4 heteroatoms. The quantitative estimate of drug-likeness (QED) is 0.761. The van der Waals surface area contributed by atoms with Crippen molar-refractivity contribution >= 4 is 17.7 Å². The highest BCUT2D eigenvalue weighted by Crippen LogP contribution is 2.25. The van der Waals surface area contributed by atoms with Gasteiger partial charge in [-0.05, 0) is 17.7 Å². The Morgan fingerprint density at radius 1 is 1.67 bits per heavy atom. The predicted molar refractivity (Wildman–Crippen MR) is 60.8 cm³/mol. The predicted octanol–water partition coefficient (Wildman–Crippen LogP) is 1.24. The van der Waals surface area contributed by atoms with E-state index in [9.17, 15) is 4.79 Å². The maximum Gasteiger partial charge on any atom is 0.236 e. The summed E-state index contributed by atoms with van der Waals surface area (Å²) in [6.45, 7) is 3.75. The molecule has 0 unspecified atom stereocenters. The number of carbonyl (C=O) groups is 1. The van der Waals surface area contributed by atoms with E-state index in [-0.39, 0.29) is 6.54 Å². The third kappa shape index (κ3) is 3.02. The Bertz CT molecular complexity index is 375. The molecule has 80 valence electrons. The normalized spacial score (nSPS) is 9.40. The topological polar surface area (TPSA) is 64.3 Å². The number of nitrogens with two attached hydrogens (primary N) is 1. The lowest BCUT2D eigenvalue weighted by atomic mass is 10.2. The summed E-state index contributed by atoms with van der Waals surface area (Å²) in [6, 6.07) is 5.52. The largest absolute Gasteiger partial charge is 0.495 e. The molecular weight excluding hydrogens is 192 g/mol. The van der Waals surface area contributed by atoms with E-state index in [1.54, 1.807) is 13.2 Å². The van der Waals surface area contributed by atoms with Crippen LogP contribution in [0.4, 0.5) is 5.69 Å². The maximum absolute atomic E-state index is 10.6. The summed E-state index contributed by atoms with van der Waals surface area (Å²) in [7, 11) is 1.57. The number of anilines is 1. The van der Waals surface area contributed by atoms with Gasteiger partial charge in [0.2, 0.25) is 5.91 Å². The molecule has 1 rings (SSSR count). The van der Waals surface area contributed by atoms with Crippen LogP contribution < -0.4 is 15.8 Å². The van der Waals surface area contributed by atoms with Crippen LogP contribution in [0.2, 0.25) is 0 Å². The third-order valence-corrected chi connectivity index (χ3v) is 1.91. The zero-order chi connectivity index (χ0) is 11.3. The Labute approximate surface area is 88.7 Å². The second-order valence-electron chi connectivity index (χ2n) is 2.98. The van der Waals surface area contributed by atoms with Gasteiger partial charge in [0, 0.05) is 0 Å². The van der Waals surface area contributed by atoms with Gasteiger partial charge >= 0.3 is 0 Å². The van der Waals surface area contributed by atoms with Gasteiger partial charge in [-0.15, -0.1) is 0 Å². The summed E-state index contributed by atoms with van der Waals surface area (Å²) in [5, 5.41) is 2.88. The van der Waals surface area contributed by atoms with Crippen molar-refractivity contribution < 1.29 is 9.53 Å². The van der Waals surface area contributed by atoms with Crippen molar-refractivity contribution in [3.05, 3.63) is 30.3 Å². The molecule has 15 heavy (non-hydrogen) atoms. The highest BCUT2D eigenvalue weighted by atomic mass is 16.5. The van der Waals surface area contributed by atoms with E-state index in [1.165, 1.54) is 0 Å². The average molecular weight is 206 g/mol. The molecule has 1 aromatic carbocycles. The van der Waals surface area contributed by atoms with Crippen LogP contribution in [0.1, 0.15) is 5.56 Å². The molecule has 0 saturated carbocycles. The van der Waals surface area contributed by atoms with Gasteiger partial charge in [-0.1, -0.05) is 18.7 Å². The number of hydrogen-bond donors (Lipinski definition) is 2. The molecule has 0 spiro atoms. The Hall–Kier alpha value is -1.97. The fraction of sp³-hybridized carbons (Fsp3) is 0.182. The van der Waals surface area contributed by atoms with Crippen LogP contribution in [0.5, 0.6) is 5.75 Å². The van der Waals surface area contributed by atoms with Crippen LogP contribution in [0.3, 0.4) is 0 Å². The van der Waals surface area contributed by atoms with Gasteiger partial charge in [-0.25, -0.2) is 0 Å². The molecule has 0 fully saturated rings. The Balaban J connectivity index is 2.87. The van der Waals surface area contributed by atoms with Crippen molar-refractivity contribution in [2.75, 3.05) is 19.0 Å². The second-order valence-corrected chi connectivity index (χ2v) is 2.98. The number of ether oxygens (including phenoxy) is 1. The van der Waals surface area contributed by atoms with Crippen molar-refractivity contribution in [1.82, 2.24) is 0 Å². The molecule has 3 N–H and O–H groups in total. The minimum atomic E-state index is -0.412. The molecule has 0 saturated heterocycles. The van der Waals surface area contributed by atoms with Crippen molar-refractivity contribution in [3.8, 4) is 5.75 Å². The zero-order valence-electron chi connectivity index (χ0n) is 8.62. The first-order valence-electron chi connectivity index (χ1n) is 4.50. The maximum atomic E-state index is 10.6. The molecule has 0 bridgehead atoms. The van der Waals surface area contributed by atoms with E-state index in [0.717, 1.165) is 11.3 Å². The van der Waals surface area contributed by atoms with Crippen LogP contribution in [0.25, 0.3) is 6.08 Å². The van der Waals surface area contributed by atoms with Crippen molar-refractivity contribution in [2.24, 2.45) is 5.73 Å². The van der Waals surface area contributed by atoms with Crippen LogP contribution >= 0.6 is 0 Å². The lowest BCUT2D eigenvalue weighted by Crippen LogP contribution is -2.22. The number of benzene rings is 1. The number of primary amides is 1. The molecule has 0 aliphatic heterocycles. The Morgan fingerprint density at radius 2 is 2.40 bits per heavy atom. The molecule has 0 aliphatic carbocycles. The molecule has 1 aromatic rings. The van der Waals surface area contributed by atoms with E-state index in [4.69, 9.17) is 10.5 Å². The minimum absolute atomic E-state index is 0.0871. The van der Waals surface area contributed by atoms with Gasteiger partial charge in [0.05, 0.1) is 19.3 Å². The van der Waals surface area contributed by atoms with Gasteiger partial charge in [0.15, 0.2) is 0 Å². The summed E-state index contributed by atoms with van der Waals surface area (Å²) in [6.07, 6.45) is 1.72. The lowest BCUT2D eigenvalue weighted by Gasteiger charge is -2.10. The van der Waals surface area contributed by atoms with Gasteiger partial charge in [0.25, 0.3) is 0 Å². The second kappa shape index (κ2) is 5.05. The van der Waals surface area contributed by atoms with Crippen molar-refractivity contribution in [1.29, 1.82) is 0 Å². The van der Waals surface area contributed by atoms with E-state index in [0.29, 0.717) is 5.75 Å². The number of amides is 1. The monoisotopic (exact) mass is 206 g/mol. The highest BCUT2D eigenvalue weighted by molar-refractivity contribution is 5.79. The molecule has 0 aliphatic rings. The summed E-state index contributed by atoms with van der Waals surface area (Å²) in [4.78, 5) is 10.6. The van der Waals surface area contributed by atoms with Crippen LogP contribution in [0.15, 0.2) is 24.8 Å². The van der Waals surface area contributed by atoms with E-state index in [2.05, 4.69) is 11.9 Å². The zero-order valence-corrected chi connectivity index (χ0v) is 8.62. The molecular formula is C11H14N2O2. The summed E-state index contributed by atoms with van der Waals surface area (Å²) in [5.74, 6) is 0.249. The van der Waals surface area contributed by atoms with Gasteiger partial charge in [0.1, 0.15) is 5.75 Å². The first kappa shape index (κ1) is 11.1. The number of nitrogens with one attached hydrogen (secondary N) is 1. The van der Waals surface area contributed by atoms with Crippen molar-refractivity contribution in [3.63, 3.8) is 0 Å². The summed E-state index contributed by atoms with van der Waals surface area (Å²) in [5.41, 5.74) is 6.72. The van der Waals surface area contributed by atoms with Crippen molar-refractivity contribution in [2.45, 2.75) is 0 Å². The highest BCUT2D eigenvalue weighted by Gasteiger charge is 2.03. The van der Waals surface area contributed by atoms with E-state index in [1.807, 2.05) is 18.2 Å². The van der Waals surface area contributed by atoms with Gasteiger partial charge in [-0.3, -0.25) is 4.79 Å². The summed E-state index contributed by atoms with van der Waals surface area (Å²) < 4.78 is 5.16. The number of carbonyl (C=O) groups excluding carboxylic acids is 1. The minimum Gasteiger partial charge on any atom is -0.495 e. The van der Waals surface area contributed by atoms with Crippen LogP contribution in [-0.2, 0) is 4.79 Å². The first-order chi connectivity index (χ1) is 7.17. The number of methoxy groups -OCH3 is 1. The third-order valence-electron chi connectivity index (χ3n) is 1.91. The van der Waals surface area contributed by atoms with Gasteiger partial charge in [-0.2, -0.15) is 0 Å². The Kier molecular flexibility index (Phi) is 3.74. The SMILES string of the molecule is C=Cc1ccc(NCC(N)=O)c(OC)c1. The molecule has 1 amide bonds. The fourth-order valence-electron chi connectivity index (χ4n) is 1.16. The Morgan fingerprint density at radius 3 is 2.93 bits per heavy atom. The number of rotatable bonds is 5. The van der Waals surface area contributed by atoms with E-state index >= 15 is 0 Å². The molecule has 0 aromatic heterocycles. The number of hydrogen-bond acceptors (Lipinski definition) is 3. The van der Waals surface area contributed by atoms with E-state index < -0.39 is 5.91 Å². The first-order valence-corrected chi connectivity index (χ1v) is 4.50. The molecule has 0 atom stereocenters. The fourth-order valence-corrected chi connectivity index (χ4v) is 1.16. The summed E-state index contributed by atoms with van der Waals surface area (Å²) >= 11 is 0.